The minimum atomic E-state index is -0.632. The molecule has 2 aromatic carbocycles. The van der Waals surface area contributed by atoms with E-state index in [0.29, 0.717) is 28.3 Å². The Morgan fingerprint density at radius 2 is 1.75 bits per heavy atom. The lowest BCUT2D eigenvalue weighted by Crippen LogP contribution is -2.12. The molecule has 0 bridgehead atoms. The highest BCUT2D eigenvalue weighted by atomic mass is 16.3. The summed E-state index contributed by atoms with van der Waals surface area (Å²) in [6.45, 7) is 0. The molecule has 6 nitrogen and oxygen atoms in total. The number of benzene rings is 2. The molecule has 0 radical (unpaired) electrons. The third-order valence-electron chi connectivity index (χ3n) is 3.40. The maximum atomic E-state index is 12.3. The Hall–Kier alpha value is -3.54. The SMILES string of the molecule is NC(=O)c1ccc(-c2cccc(NC(=O)c3cccc(N)c3)c2)o1. The van der Waals surface area contributed by atoms with Crippen LogP contribution in [-0.4, -0.2) is 11.8 Å². The van der Waals surface area contributed by atoms with Gasteiger partial charge < -0.3 is 21.2 Å². The normalized spacial score (nSPS) is 10.3. The van der Waals surface area contributed by atoms with E-state index in [9.17, 15) is 9.59 Å². The van der Waals surface area contributed by atoms with Gasteiger partial charge in [-0.1, -0.05) is 18.2 Å². The van der Waals surface area contributed by atoms with Gasteiger partial charge in [0.1, 0.15) is 5.76 Å². The third kappa shape index (κ3) is 3.27. The van der Waals surface area contributed by atoms with Crippen LogP contribution in [0.5, 0.6) is 0 Å². The first-order valence-corrected chi connectivity index (χ1v) is 7.20. The van der Waals surface area contributed by atoms with E-state index in [1.165, 1.54) is 6.07 Å². The van der Waals surface area contributed by atoms with E-state index in [1.807, 2.05) is 0 Å². The number of furan rings is 1. The molecule has 1 heterocycles. The van der Waals surface area contributed by atoms with Crippen LogP contribution < -0.4 is 16.8 Å². The summed E-state index contributed by atoms with van der Waals surface area (Å²) in [6.07, 6.45) is 0. The molecule has 2 amide bonds. The van der Waals surface area contributed by atoms with Gasteiger partial charge in [0, 0.05) is 22.5 Å². The first-order chi connectivity index (χ1) is 11.5. The van der Waals surface area contributed by atoms with Crippen molar-refractivity contribution in [1.82, 2.24) is 0 Å². The summed E-state index contributed by atoms with van der Waals surface area (Å²) in [6, 6.07) is 17.0. The van der Waals surface area contributed by atoms with Crippen LogP contribution in [0.3, 0.4) is 0 Å². The Balaban J connectivity index is 1.82. The van der Waals surface area contributed by atoms with Crippen LogP contribution in [0.15, 0.2) is 65.1 Å². The molecular formula is C18H15N3O3. The zero-order chi connectivity index (χ0) is 17.1. The Bertz CT molecular complexity index is 915. The fourth-order valence-electron chi connectivity index (χ4n) is 2.26. The molecule has 0 unspecified atom stereocenters. The molecule has 24 heavy (non-hydrogen) atoms. The lowest BCUT2D eigenvalue weighted by atomic mass is 10.1. The molecule has 3 rings (SSSR count). The minimum absolute atomic E-state index is 0.0826. The van der Waals surface area contributed by atoms with E-state index in [4.69, 9.17) is 15.9 Å². The van der Waals surface area contributed by atoms with Crippen molar-refractivity contribution >= 4 is 23.2 Å². The highest BCUT2D eigenvalue weighted by molar-refractivity contribution is 6.05. The Kier molecular flexibility index (Phi) is 4.03. The number of nitrogens with two attached hydrogens (primary N) is 2. The highest BCUT2D eigenvalue weighted by Crippen LogP contribution is 2.25. The topological polar surface area (TPSA) is 111 Å². The smallest absolute Gasteiger partial charge is 0.284 e. The van der Waals surface area contributed by atoms with Crippen LogP contribution in [0.25, 0.3) is 11.3 Å². The number of primary amides is 1. The van der Waals surface area contributed by atoms with Gasteiger partial charge in [0.25, 0.3) is 11.8 Å². The van der Waals surface area contributed by atoms with Crippen molar-refractivity contribution in [2.75, 3.05) is 11.1 Å². The van der Waals surface area contributed by atoms with Gasteiger partial charge in [-0.05, 0) is 42.5 Å². The largest absolute Gasteiger partial charge is 0.451 e. The van der Waals surface area contributed by atoms with Gasteiger partial charge in [0.05, 0.1) is 0 Å². The molecular weight excluding hydrogens is 306 g/mol. The van der Waals surface area contributed by atoms with Crippen molar-refractivity contribution in [2.45, 2.75) is 0 Å². The maximum Gasteiger partial charge on any atom is 0.284 e. The lowest BCUT2D eigenvalue weighted by molar-refractivity contribution is 0.0973. The second kappa shape index (κ2) is 6.29. The Morgan fingerprint density at radius 3 is 2.46 bits per heavy atom. The van der Waals surface area contributed by atoms with Gasteiger partial charge in [0.15, 0.2) is 5.76 Å². The standard InChI is InChI=1S/C18H15N3O3/c19-13-5-1-4-12(9-13)18(23)21-14-6-2-3-11(10-14)15-7-8-16(24-15)17(20)22/h1-10H,19H2,(H2,20,22)(H,21,23). The van der Waals surface area contributed by atoms with Crippen LogP contribution in [0.1, 0.15) is 20.9 Å². The summed E-state index contributed by atoms with van der Waals surface area (Å²) in [5.74, 6) is -0.327. The number of anilines is 2. The van der Waals surface area contributed by atoms with Crippen LogP contribution >= 0.6 is 0 Å². The van der Waals surface area contributed by atoms with Gasteiger partial charge in [-0.3, -0.25) is 9.59 Å². The zero-order valence-electron chi connectivity index (χ0n) is 12.7. The van der Waals surface area contributed by atoms with Crippen molar-refractivity contribution in [3.63, 3.8) is 0 Å². The molecule has 0 aliphatic rings. The molecule has 0 fully saturated rings. The predicted molar refractivity (Wildman–Crippen MR) is 91.5 cm³/mol. The summed E-state index contributed by atoms with van der Waals surface area (Å²) >= 11 is 0. The highest BCUT2D eigenvalue weighted by Gasteiger charge is 2.11. The molecule has 1 aromatic heterocycles. The molecule has 5 N–H and O–H groups in total. The maximum absolute atomic E-state index is 12.3. The van der Waals surface area contributed by atoms with Crippen molar-refractivity contribution in [3.05, 3.63) is 72.0 Å². The molecule has 0 atom stereocenters. The summed E-state index contributed by atoms with van der Waals surface area (Å²) in [4.78, 5) is 23.4. The summed E-state index contributed by atoms with van der Waals surface area (Å²) < 4.78 is 5.39. The van der Waals surface area contributed by atoms with Gasteiger partial charge in [-0.25, -0.2) is 0 Å². The molecule has 0 spiro atoms. The van der Waals surface area contributed by atoms with Gasteiger partial charge >= 0.3 is 0 Å². The second-order valence-electron chi connectivity index (χ2n) is 5.19. The van der Waals surface area contributed by atoms with E-state index in [-0.39, 0.29) is 11.7 Å². The number of nitrogens with one attached hydrogen (secondary N) is 1. The van der Waals surface area contributed by atoms with E-state index in [2.05, 4.69) is 5.32 Å². The number of amides is 2. The molecule has 0 aliphatic heterocycles. The third-order valence-corrected chi connectivity index (χ3v) is 3.40. The fourth-order valence-corrected chi connectivity index (χ4v) is 2.26. The van der Waals surface area contributed by atoms with Crippen molar-refractivity contribution in [3.8, 4) is 11.3 Å². The van der Waals surface area contributed by atoms with Crippen LogP contribution in [0.4, 0.5) is 11.4 Å². The van der Waals surface area contributed by atoms with Crippen molar-refractivity contribution < 1.29 is 14.0 Å². The van der Waals surface area contributed by atoms with Crippen molar-refractivity contribution in [2.24, 2.45) is 5.73 Å². The number of carbonyl (C=O) groups excluding carboxylic acids is 2. The summed E-state index contributed by atoms with van der Waals surface area (Å²) in [5.41, 5.74) is 13.2. The summed E-state index contributed by atoms with van der Waals surface area (Å²) in [5, 5.41) is 2.80. The Labute approximate surface area is 138 Å². The second-order valence-corrected chi connectivity index (χ2v) is 5.19. The van der Waals surface area contributed by atoms with E-state index in [1.54, 1.807) is 54.6 Å². The van der Waals surface area contributed by atoms with Gasteiger partial charge in [-0.2, -0.15) is 0 Å². The predicted octanol–water partition coefficient (Wildman–Crippen LogP) is 2.88. The minimum Gasteiger partial charge on any atom is -0.451 e. The quantitative estimate of drug-likeness (QED) is 0.641. The molecule has 6 heteroatoms. The fraction of sp³-hybridized carbons (Fsp3) is 0. The van der Waals surface area contributed by atoms with Crippen LogP contribution in [-0.2, 0) is 0 Å². The molecule has 3 aromatic rings. The van der Waals surface area contributed by atoms with E-state index in [0.717, 1.165) is 0 Å². The van der Waals surface area contributed by atoms with Crippen LogP contribution in [0, 0.1) is 0 Å². The first-order valence-electron chi connectivity index (χ1n) is 7.20. The number of hydrogen-bond donors (Lipinski definition) is 3. The monoisotopic (exact) mass is 321 g/mol. The molecule has 120 valence electrons. The average Bonchev–Trinajstić information content (AvgIpc) is 3.05. The Morgan fingerprint density at radius 1 is 0.958 bits per heavy atom. The van der Waals surface area contributed by atoms with E-state index < -0.39 is 5.91 Å². The molecule has 0 aliphatic carbocycles. The van der Waals surface area contributed by atoms with Crippen LogP contribution in [0.2, 0.25) is 0 Å². The molecule has 0 saturated carbocycles. The number of nitrogen functional groups attached to an aromatic ring is 1. The van der Waals surface area contributed by atoms with Gasteiger partial charge in [0.2, 0.25) is 0 Å². The van der Waals surface area contributed by atoms with E-state index >= 15 is 0 Å². The summed E-state index contributed by atoms with van der Waals surface area (Å²) in [7, 11) is 0. The average molecular weight is 321 g/mol. The van der Waals surface area contributed by atoms with Crippen molar-refractivity contribution in [1.29, 1.82) is 0 Å². The molecule has 0 saturated heterocycles. The number of hydrogen-bond acceptors (Lipinski definition) is 4. The van der Waals surface area contributed by atoms with Gasteiger partial charge in [-0.15, -0.1) is 0 Å². The zero-order valence-corrected chi connectivity index (χ0v) is 12.7. The number of rotatable bonds is 4. The lowest BCUT2D eigenvalue weighted by Gasteiger charge is -2.07. The first kappa shape index (κ1) is 15.4. The number of carbonyl (C=O) groups is 2.